The minimum absolute atomic E-state index is 0.0662. The van der Waals surface area contributed by atoms with E-state index in [1.807, 2.05) is 50.2 Å². The second kappa shape index (κ2) is 10.1. The Labute approximate surface area is 162 Å². The minimum atomic E-state index is -0.295. The van der Waals surface area contributed by atoms with Crippen LogP contribution in [0.1, 0.15) is 19.4 Å². The van der Waals surface area contributed by atoms with Crippen LogP contribution in [0.3, 0.4) is 0 Å². The van der Waals surface area contributed by atoms with E-state index in [1.54, 1.807) is 12.1 Å². The summed E-state index contributed by atoms with van der Waals surface area (Å²) in [5, 5.41) is 0.647. The number of carbonyl (C=O) groups excluding carboxylic acids is 2. The second-order valence-electron chi connectivity index (χ2n) is 5.83. The monoisotopic (exact) mass is 392 g/mol. The molecular weight excluding hydrogens is 372 g/mol. The fourth-order valence-electron chi connectivity index (χ4n) is 2.09. The number of thioether (sulfide) groups is 1. The molecule has 0 spiro atoms. The van der Waals surface area contributed by atoms with E-state index in [-0.39, 0.29) is 30.1 Å². The van der Waals surface area contributed by atoms with Crippen molar-refractivity contribution < 1.29 is 14.3 Å². The molecule has 138 valence electrons. The van der Waals surface area contributed by atoms with E-state index < -0.39 is 0 Å². The van der Waals surface area contributed by atoms with Gasteiger partial charge in [-0.15, -0.1) is 11.8 Å². The lowest BCUT2D eigenvalue weighted by Gasteiger charge is -2.11. The summed E-state index contributed by atoms with van der Waals surface area (Å²) in [6, 6.07) is 14.5. The van der Waals surface area contributed by atoms with Gasteiger partial charge in [-0.1, -0.05) is 23.7 Å². The highest BCUT2D eigenvalue weighted by atomic mass is 35.5. The van der Waals surface area contributed by atoms with Crippen molar-refractivity contribution in [3.8, 4) is 5.75 Å². The molecule has 0 aromatic heterocycles. The Morgan fingerprint density at radius 3 is 2.46 bits per heavy atom. The predicted molar refractivity (Wildman–Crippen MR) is 104 cm³/mol. The molecule has 0 fully saturated rings. The quantitative estimate of drug-likeness (QED) is 0.558. The van der Waals surface area contributed by atoms with Crippen molar-refractivity contribution in [3.05, 3.63) is 59.1 Å². The zero-order valence-corrected chi connectivity index (χ0v) is 16.2. The number of nitrogens with one attached hydrogen (secondary N) is 2. The topological polar surface area (TPSA) is 67.4 Å². The largest absolute Gasteiger partial charge is 0.491 e. The third-order valence-electron chi connectivity index (χ3n) is 3.16. The molecule has 2 aromatic rings. The van der Waals surface area contributed by atoms with Gasteiger partial charge in [0.15, 0.2) is 0 Å². The number of ether oxygens (including phenoxy) is 1. The van der Waals surface area contributed by atoms with Crippen LogP contribution in [0.4, 0.5) is 0 Å². The van der Waals surface area contributed by atoms with Crippen LogP contribution in [0.2, 0.25) is 5.02 Å². The van der Waals surface area contributed by atoms with Crippen molar-refractivity contribution >= 4 is 35.2 Å². The molecule has 0 aliphatic rings. The fourth-order valence-corrected chi connectivity index (χ4v) is 2.91. The summed E-state index contributed by atoms with van der Waals surface area (Å²) in [7, 11) is 0. The van der Waals surface area contributed by atoms with Gasteiger partial charge >= 0.3 is 0 Å². The average molecular weight is 393 g/mol. The predicted octanol–water partition coefficient (Wildman–Crippen LogP) is 3.61. The first-order chi connectivity index (χ1) is 12.4. The molecule has 26 heavy (non-hydrogen) atoms. The molecule has 0 atom stereocenters. The maximum Gasteiger partial charge on any atom is 0.248 e. The van der Waals surface area contributed by atoms with Crippen LogP contribution in [0, 0.1) is 0 Å². The van der Waals surface area contributed by atoms with Crippen LogP contribution in [-0.4, -0.2) is 23.7 Å². The molecule has 0 saturated heterocycles. The van der Waals surface area contributed by atoms with Gasteiger partial charge in [0.05, 0.1) is 18.3 Å². The van der Waals surface area contributed by atoms with Crippen LogP contribution in [0.5, 0.6) is 5.75 Å². The summed E-state index contributed by atoms with van der Waals surface area (Å²) in [6.45, 7) is 3.88. The number of benzene rings is 2. The lowest BCUT2D eigenvalue weighted by molar-refractivity contribution is -0.127. The highest BCUT2D eigenvalue weighted by Crippen LogP contribution is 2.19. The molecule has 0 bridgehead atoms. The normalized spacial score (nSPS) is 10.5. The Hall–Kier alpha value is -2.18. The molecule has 0 unspecified atom stereocenters. The molecule has 7 heteroatoms. The van der Waals surface area contributed by atoms with E-state index in [0.717, 1.165) is 10.5 Å². The number of halogens is 1. The second-order valence-corrected chi connectivity index (χ2v) is 7.31. The van der Waals surface area contributed by atoms with Gasteiger partial charge in [-0.2, -0.15) is 0 Å². The fraction of sp³-hybridized carbons (Fsp3) is 0.263. The Morgan fingerprint density at radius 1 is 1.08 bits per heavy atom. The Bertz CT molecular complexity index is 751. The number of hydrogen-bond donors (Lipinski definition) is 2. The number of hydrazine groups is 1. The lowest BCUT2D eigenvalue weighted by atomic mass is 10.1. The average Bonchev–Trinajstić information content (AvgIpc) is 2.59. The molecule has 0 aliphatic heterocycles. The van der Waals surface area contributed by atoms with Gasteiger partial charge in [0.2, 0.25) is 11.8 Å². The zero-order chi connectivity index (χ0) is 18.9. The van der Waals surface area contributed by atoms with Crippen LogP contribution >= 0.6 is 23.4 Å². The minimum Gasteiger partial charge on any atom is -0.491 e. The van der Waals surface area contributed by atoms with Crippen molar-refractivity contribution in [1.29, 1.82) is 0 Å². The Morgan fingerprint density at radius 2 is 1.77 bits per heavy atom. The van der Waals surface area contributed by atoms with Crippen molar-refractivity contribution in [2.24, 2.45) is 0 Å². The summed E-state index contributed by atoms with van der Waals surface area (Å²) in [4.78, 5) is 24.7. The molecule has 2 amide bonds. The Balaban J connectivity index is 1.74. The molecule has 0 heterocycles. The number of hydrogen-bond acceptors (Lipinski definition) is 4. The zero-order valence-electron chi connectivity index (χ0n) is 14.6. The summed E-state index contributed by atoms with van der Waals surface area (Å²) in [5.74, 6) is 0.333. The van der Waals surface area contributed by atoms with Crippen LogP contribution in [-0.2, 0) is 16.0 Å². The number of carbonyl (C=O) groups is 2. The number of amides is 2. The van der Waals surface area contributed by atoms with Gasteiger partial charge in [-0.25, -0.2) is 0 Å². The van der Waals surface area contributed by atoms with Gasteiger partial charge in [-0.3, -0.25) is 20.4 Å². The van der Waals surface area contributed by atoms with E-state index >= 15 is 0 Å². The van der Waals surface area contributed by atoms with Gasteiger partial charge in [0.25, 0.3) is 0 Å². The molecule has 0 aliphatic carbocycles. The van der Waals surface area contributed by atoms with Crippen molar-refractivity contribution in [1.82, 2.24) is 10.9 Å². The van der Waals surface area contributed by atoms with Gasteiger partial charge < -0.3 is 4.74 Å². The molecule has 2 aromatic carbocycles. The molecule has 0 radical (unpaired) electrons. The summed E-state index contributed by atoms with van der Waals surface area (Å²) in [5.41, 5.74) is 5.65. The Kier molecular flexibility index (Phi) is 7.81. The van der Waals surface area contributed by atoms with E-state index in [4.69, 9.17) is 16.3 Å². The highest BCUT2D eigenvalue weighted by Gasteiger charge is 2.08. The van der Waals surface area contributed by atoms with Gasteiger partial charge in [-0.05, 0) is 55.8 Å². The van der Waals surface area contributed by atoms with Crippen molar-refractivity contribution in [2.45, 2.75) is 31.3 Å². The maximum absolute atomic E-state index is 12.0. The summed E-state index contributed by atoms with van der Waals surface area (Å²) < 4.78 is 5.60. The third kappa shape index (κ3) is 7.37. The van der Waals surface area contributed by atoms with Crippen LogP contribution < -0.4 is 15.6 Å². The van der Waals surface area contributed by atoms with Crippen LogP contribution in [0.25, 0.3) is 0 Å². The van der Waals surface area contributed by atoms with Crippen molar-refractivity contribution in [2.75, 3.05) is 5.75 Å². The highest BCUT2D eigenvalue weighted by molar-refractivity contribution is 8.00. The van der Waals surface area contributed by atoms with Crippen molar-refractivity contribution in [3.63, 3.8) is 0 Å². The summed E-state index contributed by atoms with van der Waals surface area (Å²) in [6.07, 6.45) is 0.219. The third-order valence-corrected chi connectivity index (χ3v) is 4.42. The summed E-state index contributed by atoms with van der Waals surface area (Å²) >= 11 is 7.18. The first kappa shape index (κ1) is 20.1. The standard InChI is InChI=1S/C19H21ClN2O3S/c1-13(2)25-16-5-3-4-14(10-16)11-18(23)21-22-19(24)12-26-17-8-6-15(20)7-9-17/h3-10,13H,11-12H2,1-2H3,(H,21,23)(H,22,24). The number of rotatable bonds is 7. The first-order valence-corrected chi connectivity index (χ1v) is 9.50. The van der Waals surface area contributed by atoms with E-state index in [2.05, 4.69) is 10.9 Å². The van der Waals surface area contributed by atoms with Crippen LogP contribution in [0.15, 0.2) is 53.4 Å². The molecule has 5 nitrogen and oxygen atoms in total. The SMILES string of the molecule is CC(C)Oc1cccc(CC(=O)NNC(=O)CSc2ccc(Cl)cc2)c1. The lowest BCUT2D eigenvalue weighted by Crippen LogP contribution is -2.43. The van der Waals surface area contributed by atoms with Gasteiger partial charge in [0.1, 0.15) is 5.75 Å². The molecular formula is C19H21ClN2O3S. The van der Waals surface area contributed by atoms with E-state index in [9.17, 15) is 9.59 Å². The molecule has 2 N–H and O–H groups in total. The first-order valence-electron chi connectivity index (χ1n) is 8.14. The molecule has 0 saturated carbocycles. The molecule has 2 rings (SSSR count). The van der Waals surface area contributed by atoms with E-state index in [1.165, 1.54) is 11.8 Å². The van der Waals surface area contributed by atoms with Gasteiger partial charge in [0, 0.05) is 9.92 Å². The van der Waals surface area contributed by atoms with E-state index in [0.29, 0.717) is 10.8 Å². The maximum atomic E-state index is 12.0. The smallest absolute Gasteiger partial charge is 0.248 e.